The van der Waals surface area contributed by atoms with Crippen molar-refractivity contribution in [2.45, 2.75) is 33.7 Å². The Morgan fingerprint density at radius 3 is 2.06 bits per heavy atom. The van der Waals surface area contributed by atoms with Crippen LogP contribution in [-0.4, -0.2) is 18.1 Å². The van der Waals surface area contributed by atoms with Gasteiger partial charge in [0.15, 0.2) is 0 Å². The van der Waals surface area contributed by atoms with Gasteiger partial charge in [-0.2, -0.15) is 0 Å². The normalized spacial score (nSPS) is 14.4. The molecule has 0 radical (unpaired) electrons. The van der Waals surface area contributed by atoms with E-state index in [9.17, 15) is 4.79 Å². The molecule has 2 unspecified atom stereocenters. The summed E-state index contributed by atoms with van der Waals surface area (Å²) in [7, 11) is 1.81. The average Bonchev–Trinajstić information content (AvgIpc) is 2.21. The van der Waals surface area contributed by atoms with Gasteiger partial charge in [0, 0.05) is 6.04 Å². The van der Waals surface area contributed by atoms with Crippen LogP contribution >= 0.6 is 0 Å². The van der Waals surface area contributed by atoms with Crippen LogP contribution in [0.15, 0.2) is 12.1 Å². The highest BCUT2D eigenvalue weighted by Gasteiger charge is 2.26. The number of aryl methyl sites for hydroxylation is 3. The van der Waals surface area contributed by atoms with Crippen LogP contribution in [-0.2, 0) is 4.79 Å². The third kappa shape index (κ3) is 2.86. The van der Waals surface area contributed by atoms with Crippen LogP contribution in [0.4, 0.5) is 0 Å². The van der Waals surface area contributed by atoms with Gasteiger partial charge in [-0.3, -0.25) is 4.79 Å². The molecular weight excluding hydrogens is 214 g/mol. The monoisotopic (exact) mass is 235 g/mol. The van der Waals surface area contributed by atoms with Gasteiger partial charge in [-0.25, -0.2) is 0 Å². The summed E-state index contributed by atoms with van der Waals surface area (Å²) >= 11 is 0. The molecule has 0 aliphatic heterocycles. The highest BCUT2D eigenvalue weighted by molar-refractivity contribution is 5.71. The van der Waals surface area contributed by atoms with Crippen LogP contribution in [0.1, 0.15) is 35.2 Å². The number of nitrogens with one attached hydrogen (secondary N) is 1. The lowest BCUT2D eigenvalue weighted by Crippen LogP contribution is -2.30. The second-order valence-corrected chi connectivity index (χ2v) is 4.71. The second-order valence-electron chi connectivity index (χ2n) is 4.71. The van der Waals surface area contributed by atoms with Crippen LogP contribution in [0.25, 0.3) is 0 Å². The Hall–Kier alpha value is -1.35. The quantitative estimate of drug-likeness (QED) is 0.843. The fourth-order valence-electron chi connectivity index (χ4n) is 2.47. The Bertz CT molecular complexity index is 403. The van der Waals surface area contributed by atoms with Crippen LogP contribution < -0.4 is 5.32 Å². The van der Waals surface area contributed by atoms with E-state index in [4.69, 9.17) is 5.11 Å². The molecule has 0 fully saturated rings. The fraction of sp³-hybridized carbons (Fsp3) is 0.500. The smallest absolute Gasteiger partial charge is 0.308 e. The largest absolute Gasteiger partial charge is 0.481 e. The Labute approximate surface area is 103 Å². The first-order valence-corrected chi connectivity index (χ1v) is 5.86. The van der Waals surface area contributed by atoms with Gasteiger partial charge in [0.25, 0.3) is 0 Å². The van der Waals surface area contributed by atoms with Crippen molar-refractivity contribution in [2.75, 3.05) is 7.05 Å². The number of carboxylic acids is 1. The number of rotatable bonds is 4. The Morgan fingerprint density at radius 1 is 1.24 bits per heavy atom. The standard InChI is InChI=1S/C14H21NO2/c1-8-6-9(2)12(10(3)7-8)13(15-5)11(4)14(16)17/h6-7,11,13,15H,1-5H3,(H,16,17). The van der Waals surface area contributed by atoms with Crippen molar-refractivity contribution >= 4 is 5.97 Å². The van der Waals surface area contributed by atoms with Crippen molar-refractivity contribution < 1.29 is 9.90 Å². The lowest BCUT2D eigenvalue weighted by Gasteiger charge is -2.25. The molecule has 2 atom stereocenters. The van der Waals surface area contributed by atoms with Crippen molar-refractivity contribution in [3.05, 3.63) is 34.4 Å². The minimum Gasteiger partial charge on any atom is -0.481 e. The van der Waals surface area contributed by atoms with Crippen molar-refractivity contribution in [1.82, 2.24) is 5.32 Å². The van der Waals surface area contributed by atoms with E-state index in [0.717, 1.165) is 16.7 Å². The van der Waals surface area contributed by atoms with Crippen molar-refractivity contribution in [3.63, 3.8) is 0 Å². The summed E-state index contributed by atoms with van der Waals surface area (Å²) in [5.74, 6) is -1.22. The molecule has 0 heterocycles. The van der Waals surface area contributed by atoms with Gasteiger partial charge >= 0.3 is 5.97 Å². The minimum atomic E-state index is -0.774. The zero-order chi connectivity index (χ0) is 13.2. The summed E-state index contributed by atoms with van der Waals surface area (Å²) in [6.07, 6.45) is 0. The summed E-state index contributed by atoms with van der Waals surface area (Å²) in [6, 6.07) is 4.05. The summed E-state index contributed by atoms with van der Waals surface area (Å²) in [5, 5.41) is 12.3. The first-order valence-electron chi connectivity index (χ1n) is 5.86. The third-order valence-corrected chi connectivity index (χ3v) is 3.25. The van der Waals surface area contributed by atoms with E-state index in [2.05, 4.69) is 24.4 Å². The van der Waals surface area contributed by atoms with Gasteiger partial charge in [0.2, 0.25) is 0 Å². The van der Waals surface area contributed by atoms with E-state index in [1.54, 1.807) is 6.92 Å². The number of hydrogen-bond acceptors (Lipinski definition) is 2. The van der Waals surface area contributed by atoms with Crippen molar-refractivity contribution in [2.24, 2.45) is 5.92 Å². The molecule has 2 N–H and O–H groups in total. The second kappa shape index (κ2) is 5.32. The van der Waals surface area contributed by atoms with Gasteiger partial charge in [-0.1, -0.05) is 24.6 Å². The molecule has 0 amide bonds. The first kappa shape index (κ1) is 13.7. The number of benzene rings is 1. The Balaban J connectivity index is 3.25. The predicted octanol–water partition coefficient (Wildman–Crippen LogP) is 2.59. The molecule has 0 spiro atoms. The average molecular weight is 235 g/mol. The molecule has 3 nitrogen and oxygen atoms in total. The summed E-state index contributed by atoms with van der Waals surface area (Å²) < 4.78 is 0. The Morgan fingerprint density at radius 2 is 1.71 bits per heavy atom. The Kier molecular flexibility index (Phi) is 4.29. The number of aliphatic carboxylic acids is 1. The molecule has 0 bridgehead atoms. The summed E-state index contributed by atoms with van der Waals surface area (Å²) in [4.78, 5) is 11.1. The molecule has 1 aromatic rings. The van der Waals surface area contributed by atoms with E-state index in [-0.39, 0.29) is 6.04 Å². The number of carbonyl (C=O) groups is 1. The number of carboxylic acid groups (broad SMARTS) is 1. The van der Waals surface area contributed by atoms with Crippen molar-refractivity contribution in [1.29, 1.82) is 0 Å². The van der Waals surface area contributed by atoms with E-state index in [0.29, 0.717) is 0 Å². The summed E-state index contributed by atoms with van der Waals surface area (Å²) in [6.45, 7) is 7.86. The maximum absolute atomic E-state index is 11.1. The van der Waals surface area contributed by atoms with E-state index >= 15 is 0 Å². The molecule has 0 aliphatic carbocycles. The first-order chi connectivity index (χ1) is 7.88. The molecule has 94 valence electrons. The fourth-order valence-corrected chi connectivity index (χ4v) is 2.47. The lowest BCUT2D eigenvalue weighted by atomic mass is 9.87. The van der Waals surface area contributed by atoms with E-state index in [1.807, 2.05) is 20.9 Å². The van der Waals surface area contributed by atoms with E-state index in [1.165, 1.54) is 5.56 Å². The van der Waals surface area contributed by atoms with Crippen LogP contribution in [0.5, 0.6) is 0 Å². The molecule has 17 heavy (non-hydrogen) atoms. The topological polar surface area (TPSA) is 49.3 Å². The van der Waals surface area contributed by atoms with Crippen LogP contribution in [0, 0.1) is 26.7 Å². The predicted molar refractivity (Wildman–Crippen MR) is 69.3 cm³/mol. The zero-order valence-electron chi connectivity index (χ0n) is 11.2. The van der Waals surface area contributed by atoms with Gasteiger partial charge in [0.1, 0.15) is 0 Å². The highest BCUT2D eigenvalue weighted by atomic mass is 16.4. The zero-order valence-corrected chi connectivity index (χ0v) is 11.2. The molecule has 1 aromatic carbocycles. The molecule has 0 saturated heterocycles. The van der Waals surface area contributed by atoms with Crippen LogP contribution in [0.3, 0.4) is 0 Å². The van der Waals surface area contributed by atoms with Gasteiger partial charge in [-0.15, -0.1) is 0 Å². The lowest BCUT2D eigenvalue weighted by molar-refractivity contribution is -0.142. The van der Waals surface area contributed by atoms with Crippen molar-refractivity contribution in [3.8, 4) is 0 Å². The SMILES string of the molecule is CNC(c1c(C)cc(C)cc1C)C(C)C(=O)O. The number of hydrogen-bond donors (Lipinski definition) is 2. The molecule has 0 aromatic heterocycles. The van der Waals surface area contributed by atoms with Crippen LogP contribution in [0.2, 0.25) is 0 Å². The van der Waals surface area contributed by atoms with Gasteiger partial charge in [0.05, 0.1) is 5.92 Å². The third-order valence-electron chi connectivity index (χ3n) is 3.25. The molecule has 1 rings (SSSR count). The molecular formula is C14H21NO2. The molecule has 0 saturated carbocycles. The highest BCUT2D eigenvalue weighted by Crippen LogP contribution is 2.28. The minimum absolute atomic E-state index is 0.145. The maximum Gasteiger partial charge on any atom is 0.308 e. The van der Waals surface area contributed by atoms with Gasteiger partial charge in [-0.05, 0) is 44.5 Å². The van der Waals surface area contributed by atoms with E-state index < -0.39 is 11.9 Å². The maximum atomic E-state index is 11.1. The summed E-state index contributed by atoms with van der Waals surface area (Å²) in [5.41, 5.74) is 4.61. The van der Waals surface area contributed by atoms with Gasteiger partial charge < -0.3 is 10.4 Å². The molecule has 3 heteroatoms. The molecule has 0 aliphatic rings.